The smallest absolute Gasteiger partial charge is 0.305 e. The molecule has 0 saturated heterocycles. The molecule has 1 unspecified atom stereocenters. The molecule has 1 aromatic heterocycles. The van der Waals surface area contributed by atoms with E-state index in [2.05, 4.69) is 10.3 Å². The fraction of sp³-hybridized carbons (Fsp3) is 0.333. The first kappa shape index (κ1) is 11.9. The predicted octanol–water partition coefficient (Wildman–Crippen LogP) is 2.96. The molecule has 1 atom stereocenters. The van der Waals surface area contributed by atoms with Crippen LogP contribution in [0.25, 0.3) is 10.2 Å². The molecule has 0 radical (unpaired) electrons. The maximum Gasteiger partial charge on any atom is 0.305 e. The number of hydrogen-bond donors (Lipinski definition) is 2. The summed E-state index contributed by atoms with van der Waals surface area (Å²) in [6, 6.07) is 7.82. The van der Waals surface area contributed by atoms with Crippen LogP contribution in [0, 0.1) is 0 Å². The lowest BCUT2D eigenvalue weighted by Gasteiger charge is -2.12. The molecule has 17 heavy (non-hydrogen) atoms. The molecule has 0 aliphatic heterocycles. The summed E-state index contributed by atoms with van der Waals surface area (Å²) >= 11 is 1.55. The van der Waals surface area contributed by atoms with E-state index in [9.17, 15) is 4.79 Å². The lowest BCUT2D eigenvalue weighted by Crippen LogP contribution is -2.21. The van der Waals surface area contributed by atoms with Gasteiger partial charge in [-0.3, -0.25) is 4.79 Å². The zero-order chi connectivity index (χ0) is 12.3. The highest BCUT2D eigenvalue weighted by Crippen LogP contribution is 2.26. The number of fused-ring (bicyclic) bond motifs is 1. The molecule has 0 aliphatic carbocycles. The molecule has 4 nitrogen and oxygen atoms in total. The van der Waals surface area contributed by atoms with E-state index in [1.165, 1.54) is 0 Å². The Balaban J connectivity index is 2.14. The second-order valence-electron chi connectivity index (χ2n) is 3.83. The first-order valence-corrected chi connectivity index (χ1v) is 6.34. The molecule has 1 heterocycles. The second-order valence-corrected chi connectivity index (χ2v) is 4.86. The Morgan fingerprint density at radius 2 is 2.29 bits per heavy atom. The normalized spacial score (nSPS) is 12.5. The lowest BCUT2D eigenvalue weighted by molar-refractivity contribution is -0.137. The summed E-state index contributed by atoms with van der Waals surface area (Å²) in [5, 5.41) is 12.7. The molecule has 0 saturated carbocycles. The third-order valence-corrected chi connectivity index (χ3v) is 3.50. The molecule has 2 rings (SSSR count). The van der Waals surface area contributed by atoms with Crippen molar-refractivity contribution in [3.63, 3.8) is 0 Å². The fourth-order valence-electron chi connectivity index (χ4n) is 1.62. The van der Waals surface area contributed by atoms with Gasteiger partial charge in [0.25, 0.3) is 0 Å². The average molecular weight is 250 g/mol. The number of nitrogens with zero attached hydrogens (tertiary/aromatic N) is 1. The van der Waals surface area contributed by atoms with E-state index in [-0.39, 0.29) is 12.5 Å². The first-order chi connectivity index (χ1) is 8.19. The Morgan fingerprint density at radius 1 is 1.53 bits per heavy atom. The highest BCUT2D eigenvalue weighted by atomic mass is 32.1. The Labute approximate surface area is 103 Å². The zero-order valence-electron chi connectivity index (χ0n) is 9.51. The Bertz CT molecular complexity index is 491. The van der Waals surface area contributed by atoms with Gasteiger partial charge < -0.3 is 10.4 Å². The monoisotopic (exact) mass is 250 g/mol. The quantitative estimate of drug-likeness (QED) is 0.856. The molecular formula is C12H14N2O2S. The molecule has 1 aromatic carbocycles. The van der Waals surface area contributed by atoms with Gasteiger partial charge in [0.2, 0.25) is 0 Å². The molecular weight excluding hydrogens is 236 g/mol. The van der Waals surface area contributed by atoms with Crippen molar-refractivity contribution in [2.75, 3.05) is 5.32 Å². The molecule has 0 fully saturated rings. The number of hydrogen-bond acceptors (Lipinski definition) is 4. The highest BCUT2D eigenvalue weighted by molar-refractivity contribution is 7.22. The van der Waals surface area contributed by atoms with Crippen molar-refractivity contribution in [2.24, 2.45) is 0 Å². The number of benzene rings is 1. The van der Waals surface area contributed by atoms with Crippen LogP contribution in [0.15, 0.2) is 24.3 Å². The van der Waals surface area contributed by atoms with Crippen molar-refractivity contribution in [2.45, 2.75) is 25.8 Å². The first-order valence-electron chi connectivity index (χ1n) is 5.53. The van der Waals surface area contributed by atoms with Gasteiger partial charge in [0.05, 0.1) is 16.6 Å². The van der Waals surface area contributed by atoms with E-state index in [1.807, 2.05) is 31.2 Å². The Morgan fingerprint density at radius 3 is 2.94 bits per heavy atom. The van der Waals surface area contributed by atoms with Crippen LogP contribution in [-0.2, 0) is 4.79 Å². The number of aromatic nitrogens is 1. The lowest BCUT2D eigenvalue weighted by atomic mass is 10.1. The summed E-state index contributed by atoms with van der Waals surface area (Å²) in [6.07, 6.45) is 0.884. The fourth-order valence-corrected chi connectivity index (χ4v) is 2.56. The molecule has 0 bridgehead atoms. The topological polar surface area (TPSA) is 62.2 Å². The van der Waals surface area contributed by atoms with E-state index in [0.717, 1.165) is 21.8 Å². The number of thiazole rings is 1. The maximum atomic E-state index is 10.7. The van der Waals surface area contributed by atoms with Crippen LogP contribution >= 0.6 is 11.3 Å². The summed E-state index contributed by atoms with van der Waals surface area (Å²) in [5.74, 6) is -0.787. The van der Waals surface area contributed by atoms with Crippen molar-refractivity contribution in [1.29, 1.82) is 0 Å². The Kier molecular flexibility index (Phi) is 3.58. The largest absolute Gasteiger partial charge is 0.481 e. The van der Waals surface area contributed by atoms with Crippen LogP contribution in [-0.4, -0.2) is 22.1 Å². The average Bonchev–Trinajstić information content (AvgIpc) is 2.69. The van der Waals surface area contributed by atoms with Crippen LogP contribution in [0.1, 0.15) is 19.8 Å². The third-order valence-electron chi connectivity index (χ3n) is 2.54. The minimum Gasteiger partial charge on any atom is -0.481 e. The van der Waals surface area contributed by atoms with Crippen LogP contribution in [0.4, 0.5) is 5.13 Å². The zero-order valence-corrected chi connectivity index (χ0v) is 10.3. The van der Waals surface area contributed by atoms with E-state index < -0.39 is 5.97 Å². The van der Waals surface area contributed by atoms with Gasteiger partial charge in [-0.25, -0.2) is 4.98 Å². The van der Waals surface area contributed by atoms with Crippen molar-refractivity contribution in [3.05, 3.63) is 24.3 Å². The van der Waals surface area contributed by atoms with Gasteiger partial charge in [0, 0.05) is 6.04 Å². The van der Waals surface area contributed by atoms with Gasteiger partial charge in [-0.2, -0.15) is 0 Å². The minimum atomic E-state index is -0.787. The van der Waals surface area contributed by atoms with E-state index in [4.69, 9.17) is 5.11 Å². The van der Waals surface area contributed by atoms with Crippen molar-refractivity contribution in [1.82, 2.24) is 4.98 Å². The van der Waals surface area contributed by atoms with Gasteiger partial charge in [-0.05, 0) is 18.6 Å². The number of rotatable bonds is 5. The summed E-state index contributed by atoms with van der Waals surface area (Å²) in [4.78, 5) is 15.1. The van der Waals surface area contributed by atoms with Gasteiger partial charge in [0.1, 0.15) is 0 Å². The molecule has 0 aliphatic rings. The van der Waals surface area contributed by atoms with E-state index in [0.29, 0.717) is 0 Å². The number of para-hydroxylation sites is 1. The van der Waals surface area contributed by atoms with Crippen LogP contribution < -0.4 is 5.32 Å². The molecule has 2 N–H and O–H groups in total. The molecule has 0 amide bonds. The third kappa shape index (κ3) is 2.94. The summed E-state index contributed by atoms with van der Waals surface area (Å²) < 4.78 is 1.11. The van der Waals surface area contributed by atoms with E-state index in [1.54, 1.807) is 11.3 Å². The molecule has 2 aromatic rings. The second kappa shape index (κ2) is 5.14. The molecule has 5 heteroatoms. The SMILES string of the molecule is CCC(CC(=O)O)Nc1nc2ccccc2s1. The molecule has 90 valence electrons. The van der Waals surface area contributed by atoms with Crippen molar-refractivity contribution in [3.8, 4) is 0 Å². The standard InChI is InChI=1S/C12H14N2O2S/c1-2-8(7-11(15)16)13-12-14-9-5-3-4-6-10(9)17-12/h3-6,8H,2,7H2,1H3,(H,13,14)(H,15,16). The van der Waals surface area contributed by atoms with E-state index >= 15 is 0 Å². The van der Waals surface area contributed by atoms with Crippen LogP contribution in [0.2, 0.25) is 0 Å². The van der Waals surface area contributed by atoms with Crippen LogP contribution in [0.3, 0.4) is 0 Å². The van der Waals surface area contributed by atoms with Gasteiger partial charge in [-0.1, -0.05) is 30.4 Å². The Hall–Kier alpha value is -1.62. The highest BCUT2D eigenvalue weighted by Gasteiger charge is 2.12. The maximum absolute atomic E-state index is 10.7. The number of carboxylic acid groups (broad SMARTS) is 1. The number of nitrogens with one attached hydrogen (secondary N) is 1. The van der Waals surface area contributed by atoms with Gasteiger partial charge >= 0.3 is 5.97 Å². The van der Waals surface area contributed by atoms with Crippen molar-refractivity contribution >= 4 is 32.7 Å². The summed E-state index contributed by atoms with van der Waals surface area (Å²) in [7, 11) is 0. The number of aliphatic carboxylic acids is 1. The number of anilines is 1. The summed E-state index contributed by atoms with van der Waals surface area (Å²) in [5.41, 5.74) is 0.949. The number of carboxylic acids is 1. The van der Waals surface area contributed by atoms with Crippen LogP contribution in [0.5, 0.6) is 0 Å². The minimum absolute atomic E-state index is 0.0620. The van der Waals surface area contributed by atoms with Gasteiger partial charge in [0.15, 0.2) is 5.13 Å². The van der Waals surface area contributed by atoms with Gasteiger partial charge in [-0.15, -0.1) is 0 Å². The van der Waals surface area contributed by atoms with Crippen molar-refractivity contribution < 1.29 is 9.90 Å². The summed E-state index contributed by atoms with van der Waals surface area (Å²) in [6.45, 7) is 1.97. The number of carbonyl (C=O) groups is 1. The molecule has 0 spiro atoms. The predicted molar refractivity (Wildman–Crippen MR) is 69.6 cm³/mol.